The summed E-state index contributed by atoms with van der Waals surface area (Å²) < 4.78 is 31.5. The van der Waals surface area contributed by atoms with Gasteiger partial charge in [-0.1, -0.05) is 35.9 Å². The maximum Gasteiger partial charge on any atom is 0.246 e. The van der Waals surface area contributed by atoms with Crippen LogP contribution in [-0.2, 0) is 21.4 Å². The Morgan fingerprint density at radius 2 is 1.86 bits per heavy atom. The van der Waals surface area contributed by atoms with E-state index < -0.39 is 16.1 Å². The number of benzene rings is 2. The molecule has 2 aromatic carbocycles. The van der Waals surface area contributed by atoms with Crippen molar-refractivity contribution in [3.05, 3.63) is 58.6 Å². The van der Waals surface area contributed by atoms with Gasteiger partial charge in [0.2, 0.25) is 15.9 Å². The van der Waals surface area contributed by atoms with E-state index in [0.29, 0.717) is 28.6 Å². The average molecular weight is 425 g/mol. The molecule has 0 heterocycles. The molecule has 0 N–H and O–H groups in total. The van der Waals surface area contributed by atoms with Crippen LogP contribution in [0, 0.1) is 6.92 Å². The predicted octanol–water partition coefficient (Wildman–Crippen LogP) is 3.47. The summed E-state index contributed by atoms with van der Waals surface area (Å²) in [6.45, 7) is 3.64. The summed E-state index contributed by atoms with van der Waals surface area (Å²) in [6, 6.07) is 11.4. The molecule has 2 rings (SSSR count). The first kappa shape index (κ1) is 22.0. The first-order valence-electron chi connectivity index (χ1n) is 8.68. The van der Waals surface area contributed by atoms with Crippen molar-refractivity contribution in [2.75, 3.05) is 24.7 Å². The van der Waals surface area contributed by atoms with E-state index in [-0.39, 0.29) is 5.91 Å². The first-order valence-corrected chi connectivity index (χ1v) is 10.9. The second-order valence-electron chi connectivity index (χ2n) is 6.67. The van der Waals surface area contributed by atoms with Gasteiger partial charge in [0.25, 0.3) is 0 Å². The molecule has 0 aromatic heterocycles. The SMILES string of the molecule is COc1ccccc1CN(C)C(=O)C(C)N(c1cc(Cl)ccc1C)S(C)(=O)=O. The van der Waals surface area contributed by atoms with Crippen LogP contribution >= 0.6 is 11.6 Å². The number of carbonyl (C=O) groups is 1. The third kappa shape index (κ3) is 4.97. The van der Waals surface area contributed by atoms with Gasteiger partial charge in [-0.25, -0.2) is 8.42 Å². The topological polar surface area (TPSA) is 66.9 Å². The van der Waals surface area contributed by atoms with Crippen LogP contribution in [0.3, 0.4) is 0 Å². The molecule has 28 heavy (non-hydrogen) atoms. The van der Waals surface area contributed by atoms with Gasteiger partial charge in [0, 0.05) is 24.2 Å². The van der Waals surface area contributed by atoms with Crippen molar-refractivity contribution in [3.63, 3.8) is 0 Å². The highest BCUT2D eigenvalue weighted by Crippen LogP contribution is 2.29. The fraction of sp³-hybridized carbons (Fsp3) is 0.350. The number of nitrogens with zero attached hydrogens (tertiary/aromatic N) is 2. The van der Waals surface area contributed by atoms with E-state index in [1.165, 1.54) is 4.90 Å². The number of halogens is 1. The highest BCUT2D eigenvalue weighted by molar-refractivity contribution is 7.92. The lowest BCUT2D eigenvalue weighted by Crippen LogP contribution is -2.48. The highest BCUT2D eigenvalue weighted by Gasteiger charge is 2.32. The summed E-state index contributed by atoms with van der Waals surface area (Å²) in [5.74, 6) is 0.330. The van der Waals surface area contributed by atoms with Crippen molar-refractivity contribution in [1.29, 1.82) is 0 Å². The van der Waals surface area contributed by atoms with E-state index in [0.717, 1.165) is 16.1 Å². The molecule has 1 atom stereocenters. The Bertz CT molecular complexity index is 962. The van der Waals surface area contributed by atoms with Crippen LogP contribution in [0.2, 0.25) is 5.02 Å². The van der Waals surface area contributed by atoms with Gasteiger partial charge in [0.05, 0.1) is 19.1 Å². The molecule has 6 nitrogen and oxygen atoms in total. The molecule has 0 radical (unpaired) electrons. The zero-order valence-corrected chi connectivity index (χ0v) is 18.2. The van der Waals surface area contributed by atoms with Gasteiger partial charge in [-0.15, -0.1) is 0 Å². The number of hydrogen-bond donors (Lipinski definition) is 0. The van der Waals surface area contributed by atoms with E-state index >= 15 is 0 Å². The Labute approximate surface area is 171 Å². The Morgan fingerprint density at radius 3 is 2.46 bits per heavy atom. The van der Waals surface area contributed by atoms with Crippen LogP contribution in [0.1, 0.15) is 18.1 Å². The van der Waals surface area contributed by atoms with Gasteiger partial charge in [0.15, 0.2) is 0 Å². The van der Waals surface area contributed by atoms with Crippen molar-refractivity contribution in [2.45, 2.75) is 26.4 Å². The Morgan fingerprint density at radius 1 is 1.21 bits per heavy atom. The molecule has 1 unspecified atom stereocenters. The van der Waals surface area contributed by atoms with Gasteiger partial charge in [-0.3, -0.25) is 9.10 Å². The van der Waals surface area contributed by atoms with Crippen molar-refractivity contribution in [3.8, 4) is 5.75 Å². The number of likely N-dealkylation sites (N-methyl/N-ethyl adjacent to an activating group) is 1. The summed E-state index contributed by atoms with van der Waals surface area (Å²) in [4.78, 5) is 14.5. The largest absolute Gasteiger partial charge is 0.496 e. The molecule has 0 aliphatic rings. The summed E-state index contributed by atoms with van der Waals surface area (Å²) in [5, 5.41) is 0.399. The lowest BCUT2D eigenvalue weighted by atomic mass is 10.1. The summed E-state index contributed by atoms with van der Waals surface area (Å²) in [5.41, 5.74) is 1.93. The number of ether oxygens (including phenoxy) is 1. The van der Waals surface area contributed by atoms with Crippen LogP contribution in [0.15, 0.2) is 42.5 Å². The number of para-hydroxylation sites is 1. The molecule has 0 fully saturated rings. The third-order valence-corrected chi connectivity index (χ3v) is 5.91. The second kappa shape index (κ2) is 8.84. The van der Waals surface area contributed by atoms with Crippen molar-refractivity contribution < 1.29 is 17.9 Å². The van der Waals surface area contributed by atoms with Crippen molar-refractivity contribution >= 4 is 33.2 Å². The van der Waals surface area contributed by atoms with E-state index in [2.05, 4.69) is 0 Å². The van der Waals surface area contributed by atoms with Crippen LogP contribution in [0.25, 0.3) is 0 Å². The molecule has 152 valence electrons. The average Bonchev–Trinajstić information content (AvgIpc) is 2.63. The number of sulfonamides is 1. The fourth-order valence-corrected chi connectivity index (χ4v) is 4.47. The van der Waals surface area contributed by atoms with Crippen LogP contribution in [0.4, 0.5) is 5.69 Å². The molecule has 0 aliphatic carbocycles. The molecular weight excluding hydrogens is 400 g/mol. The molecular formula is C20H25ClN2O4S. The van der Waals surface area contributed by atoms with Crippen LogP contribution in [-0.4, -0.2) is 45.7 Å². The summed E-state index contributed by atoms with van der Waals surface area (Å²) in [7, 11) is -0.517. The second-order valence-corrected chi connectivity index (χ2v) is 8.97. The van der Waals surface area contributed by atoms with Crippen LogP contribution < -0.4 is 9.04 Å². The van der Waals surface area contributed by atoms with Gasteiger partial charge in [0.1, 0.15) is 11.8 Å². The quantitative estimate of drug-likeness (QED) is 0.682. The minimum absolute atomic E-state index is 0.291. The minimum atomic E-state index is -3.72. The van der Waals surface area contributed by atoms with Crippen molar-refractivity contribution in [1.82, 2.24) is 4.90 Å². The number of rotatable bonds is 7. The molecule has 0 saturated heterocycles. The lowest BCUT2D eigenvalue weighted by Gasteiger charge is -2.32. The fourth-order valence-electron chi connectivity index (χ4n) is 3.08. The van der Waals surface area contributed by atoms with Crippen molar-refractivity contribution in [2.24, 2.45) is 0 Å². The molecule has 0 saturated carbocycles. The van der Waals surface area contributed by atoms with E-state index in [9.17, 15) is 13.2 Å². The standard InChI is InChI=1S/C20H25ClN2O4S/c1-14-10-11-17(21)12-18(14)23(28(5,25)26)15(2)20(24)22(3)13-16-8-6-7-9-19(16)27-4/h6-12,15H,13H2,1-5H3. The van der Waals surface area contributed by atoms with Crippen LogP contribution in [0.5, 0.6) is 5.75 Å². The van der Waals surface area contributed by atoms with Gasteiger partial charge in [-0.05, 0) is 37.6 Å². The molecule has 0 bridgehead atoms. The normalized spacial score (nSPS) is 12.4. The molecule has 0 aliphatic heterocycles. The number of amides is 1. The van der Waals surface area contributed by atoms with E-state index in [4.69, 9.17) is 16.3 Å². The van der Waals surface area contributed by atoms with Gasteiger partial charge < -0.3 is 9.64 Å². The Balaban J connectivity index is 2.35. The molecule has 2 aromatic rings. The first-order chi connectivity index (χ1) is 13.1. The summed E-state index contributed by atoms with van der Waals surface area (Å²) >= 11 is 6.07. The zero-order chi connectivity index (χ0) is 21.1. The maximum absolute atomic E-state index is 13.1. The molecule has 0 spiro atoms. The maximum atomic E-state index is 13.1. The minimum Gasteiger partial charge on any atom is -0.496 e. The molecule has 1 amide bonds. The monoisotopic (exact) mass is 424 g/mol. The number of hydrogen-bond acceptors (Lipinski definition) is 4. The smallest absolute Gasteiger partial charge is 0.246 e. The third-order valence-electron chi connectivity index (χ3n) is 4.45. The lowest BCUT2D eigenvalue weighted by molar-refractivity contribution is -0.131. The van der Waals surface area contributed by atoms with E-state index in [1.54, 1.807) is 46.2 Å². The number of anilines is 1. The Kier molecular flexibility index (Phi) is 6.96. The van der Waals surface area contributed by atoms with Gasteiger partial charge >= 0.3 is 0 Å². The van der Waals surface area contributed by atoms with E-state index in [1.807, 2.05) is 24.3 Å². The van der Waals surface area contributed by atoms with Gasteiger partial charge in [-0.2, -0.15) is 0 Å². The highest BCUT2D eigenvalue weighted by atomic mass is 35.5. The predicted molar refractivity (Wildman–Crippen MR) is 112 cm³/mol. The number of methoxy groups -OCH3 is 1. The molecule has 8 heteroatoms. The summed E-state index contributed by atoms with van der Waals surface area (Å²) in [6.07, 6.45) is 1.08. The Hall–Kier alpha value is -2.25. The number of carbonyl (C=O) groups excluding carboxylic acids is 1. The zero-order valence-electron chi connectivity index (χ0n) is 16.6. The number of aryl methyl sites for hydroxylation is 1.